The zero-order valence-electron chi connectivity index (χ0n) is 14.2. The maximum Gasteiger partial charge on any atom is 0.0464 e. The molecule has 0 bridgehead atoms. The van der Waals surface area contributed by atoms with E-state index in [1.807, 2.05) is 12.1 Å². The van der Waals surface area contributed by atoms with Crippen molar-refractivity contribution in [2.45, 2.75) is 0 Å². The molecule has 0 amide bonds. The van der Waals surface area contributed by atoms with Gasteiger partial charge in [0, 0.05) is 27.0 Å². The van der Waals surface area contributed by atoms with Crippen LogP contribution in [0.25, 0.3) is 22.3 Å². The normalized spacial score (nSPS) is 10.5. The maximum absolute atomic E-state index is 3.68. The highest BCUT2D eigenvalue weighted by Crippen LogP contribution is 2.37. The Kier molecular flexibility index (Phi) is 4.85. The molecule has 126 valence electrons. The SMILES string of the molecule is Brc1ccccc1-c1ccccc1Nc1ccccc1-c1ccccc1. The summed E-state index contributed by atoms with van der Waals surface area (Å²) in [4.78, 5) is 0. The highest BCUT2D eigenvalue weighted by molar-refractivity contribution is 9.10. The van der Waals surface area contributed by atoms with Gasteiger partial charge in [-0.05, 0) is 29.3 Å². The minimum atomic E-state index is 1.09. The molecule has 0 aliphatic rings. The van der Waals surface area contributed by atoms with Crippen LogP contribution in [0.1, 0.15) is 0 Å². The van der Waals surface area contributed by atoms with Gasteiger partial charge >= 0.3 is 0 Å². The standard InChI is InChI=1S/C24H18BrN/c25-22-15-7-4-13-20(22)21-14-6-9-17-24(21)26-23-16-8-5-12-19(23)18-10-2-1-3-11-18/h1-17,26H. The third-order valence-electron chi connectivity index (χ3n) is 4.37. The van der Waals surface area contributed by atoms with Gasteiger partial charge in [0.05, 0.1) is 0 Å². The molecule has 0 unspecified atom stereocenters. The van der Waals surface area contributed by atoms with Crippen LogP contribution in [0.2, 0.25) is 0 Å². The Morgan fingerprint density at radius 3 is 1.65 bits per heavy atom. The van der Waals surface area contributed by atoms with Crippen LogP contribution < -0.4 is 5.32 Å². The molecule has 0 aliphatic heterocycles. The number of anilines is 2. The Bertz CT molecular complexity index is 1020. The summed E-state index contributed by atoms with van der Waals surface area (Å²) in [7, 11) is 0. The van der Waals surface area contributed by atoms with E-state index in [1.54, 1.807) is 0 Å². The van der Waals surface area contributed by atoms with Crippen LogP contribution in [0.5, 0.6) is 0 Å². The summed E-state index contributed by atoms with van der Waals surface area (Å²) in [5, 5.41) is 3.64. The van der Waals surface area contributed by atoms with E-state index < -0.39 is 0 Å². The average Bonchev–Trinajstić information content (AvgIpc) is 2.70. The molecule has 0 heterocycles. The highest BCUT2D eigenvalue weighted by Gasteiger charge is 2.10. The Labute approximate surface area is 162 Å². The first kappa shape index (κ1) is 16.6. The van der Waals surface area contributed by atoms with Crippen LogP contribution in [0, 0.1) is 0 Å². The Balaban J connectivity index is 1.78. The number of hydrogen-bond donors (Lipinski definition) is 1. The second-order valence-electron chi connectivity index (χ2n) is 6.06. The molecular weight excluding hydrogens is 382 g/mol. The lowest BCUT2D eigenvalue weighted by Crippen LogP contribution is -1.96. The van der Waals surface area contributed by atoms with Crippen molar-refractivity contribution in [1.82, 2.24) is 0 Å². The molecule has 0 aromatic heterocycles. The predicted octanol–water partition coefficient (Wildman–Crippen LogP) is 7.53. The van der Waals surface area contributed by atoms with Crippen molar-refractivity contribution in [3.8, 4) is 22.3 Å². The van der Waals surface area contributed by atoms with Crippen LogP contribution in [0.4, 0.5) is 11.4 Å². The summed E-state index contributed by atoms with van der Waals surface area (Å²) >= 11 is 3.68. The van der Waals surface area contributed by atoms with E-state index in [-0.39, 0.29) is 0 Å². The molecule has 0 saturated carbocycles. The molecule has 1 nitrogen and oxygen atoms in total. The summed E-state index contributed by atoms with van der Waals surface area (Å²) in [6, 6.07) is 35.6. The van der Waals surface area contributed by atoms with E-state index in [0.29, 0.717) is 0 Å². The van der Waals surface area contributed by atoms with Gasteiger partial charge in [0.25, 0.3) is 0 Å². The second kappa shape index (κ2) is 7.59. The Morgan fingerprint density at radius 1 is 0.462 bits per heavy atom. The number of hydrogen-bond acceptors (Lipinski definition) is 1. The lowest BCUT2D eigenvalue weighted by molar-refractivity contribution is 1.51. The van der Waals surface area contributed by atoms with E-state index >= 15 is 0 Å². The molecule has 0 spiro atoms. The van der Waals surface area contributed by atoms with E-state index in [9.17, 15) is 0 Å². The minimum Gasteiger partial charge on any atom is -0.355 e. The van der Waals surface area contributed by atoms with Crippen molar-refractivity contribution in [2.24, 2.45) is 0 Å². The van der Waals surface area contributed by atoms with Gasteiger partial charge in [-0.25, -0.2) is 0 Å². The third-order valence-corrected chi connectivity index (χ3v) is 5.06. The monoisotopic (exact) mass is 399 g/mol. The van der Waals surface area contributed by atoms with Gasteiger partial charge in [0.2, 0.25) is 0 Å². The van der Waals surface area contributed by atoms with Crippen molar-refractivity contribution in [3.63, 3.8) is 0 Å². The zero-order valence-corrected chi connectivity index (χ0v) is 15.8. The number of benzene rings is 4. The summed E-state index contributed by atoms with van der Waals surface area (Å²) in [5.74, 6) is 0. The van der Waals surface area contributed by atoms with Crippen LogP contribution in [-0.4, -0.2) is 0 Å². The average molecular weight is 400 g/mol. The van der Waals surface area contributed by atoms with Crippen molar-refractivity contribution in [1.29, 1.82) is 0 Å². The fourth-order valence-corrected chi connectivity index (χ4v) is 3.61. The lowest BCUT2D eigenvalue weighted by Gasteiger charge is -2.16. The molecule has 4 rings (SSSR count). The number of halogens is 1. The molecule has 4 aromatic rings. The number of nitrogens with one attached hydrogen (secondary N) is 1. The maximum atomic E-state index is 3.68. The van der Waals surface area contributed by atoms with Gasteiger partial charge in [0.15, 0.2) is 0 Å². The lowest BCUT2D eigenvalue weighted by atomic mass is 10.0. The fourth-order valence-electron chi connectivity index (χ4n) is 3.11. The minimum absolute atomic E-state index is 1.09. The molecule has 4 aromatic carbocycles. The van der Waals surface area contributed by atoms with E-state index in [2.05, 4.69) is 112 Å². The molecule has 0 atom stereocenters. The van der Waals surface area contributed by atoms with Gasteiger partial charge in [0.1, 0.15) is 0 Å². The first-order valence-corrected chi connectivity index (χ1v) is 9.37. The van der Waals surface area contributed by atoms with Gasteiger partial charge in [-0.15, -0.1) is 0 Å². The van der Waals surface area contributed by atoms with Crippen LogP contribution >= 0.6 is 15.9 Å². The summed E-state index contributed by atoms with van der Waals surface area (Å²) < 4.78 is 1.09. The van der Waals surface area contributed by atoms with Gasteiger partial charge < -0.3 is 5.32 Å². The molecule has 1 N–H and O–H groups in total. The Hall–Kier alpha value is -2.84. The van der Waals surface area contributed by atoms with Crippen LogP contribution in [-0.2, 0) is 0 Å². The molecule has 0 radical (unpaired) electrons. The predicted molar refractivity (Wildman–Crippen MR) is 115 cm³/mol. The first-order chi connectivity index (χ1) is 12.8. The van der Waals surface area contributed by atoms with E-state index in [0.717, 1.165) is 15.8 Å². The molecule has 0 saturated heterocycles. The van der Waals surface area contributed by atoms with Crippen LogP contribution in [0.3, 0.4) is 0 Å². The molecule has 0 fully saturated rings. The highest BCUT2D eigenvalue weighted by atomic mass is 79.9. The zero-order chi connectivity index (χ0) is 17.8. The second-order valence-corrected chi connectivity index (χ2v) is 6.92. The van der Waals surface area contributed by atoms with Crippen LogP contribution in [0.15, 0.2) is 108 Å². The van der Waals surface area contributed by atoms with Gasteiger partial charge in [-0.1, -0.05) is 101 Å². The van der Waals surface area contributed by atoms with Crippen molar-refractivity contribution < 1.29 is 0 Å². The largest absolute Gasteiger partial charge is 0.355 e. The smallest absolute Gasteiger partial charge is 0.0464 e. The van der Waals surface area contributed by atoms with Crippen molar-refractivity contribution in [2.75, 3.05) is 5.32 Å². The quantitative estimate of drug-likeness (QED) is 0.373. The Morgan fingerprint density at radius 2 is 0.962 bits per heavy atom. The molecule has 26 heavy (non-hydrogen) atoms. The summed E-state index contributed by atoms with van der Waals surface area (Å²) in [6.45, 7) is 0. The topological polar surface area (TPSA) is 12.0 Å². The van der Waals surface area contributed by atoms with Crippen molar-refractivity contribution >= 4 is 27.3 Å². The number of para-hydroxylation sites is 2. The fraction of sp³-hybridized carbons (Fsp3) is 0. The van der Waals surface area contributed by atoms with Gasteiger partial charge in [-0.3, -0.25) is 0 Å². The summed E-state index contributed by atoms with van der Waals surface area (Å²) in [6.07, 6.45) is 0. The van der Waals surface area contributed by atoms with Crippen molar-refractivity contribution in [3.05, 3.63) is 108 Å². The van der Waals surface area contributed by atoms with E-state index in [1.165, 1.54) is 22.3 Å². The van der Waals surface area contributed by atoms with E-state index in [4.69, 9.17) is 0 Å². The van der Waals surface area contributed by atoms with Gasteiger partial charge in [-0.2, -0.15) is 0 Å². The molecule has 0 aliphatic carbocycles. The molecular formula is C24H18BrN. The number of rotatable bonds is 4. The summed E-state index contributed by atoms with van der Waals surface area (Å²) in [5.41, 5.74) is 6.92. The molecule has 2 heteroatoms. The first-order valence-electron chi connectivity index (χ1n) is 8.58. The third kappa shape index (κ3) is 3.42.